The zero-order valence-electron chi connectivity index (χ0n) is 19.0. The van der Waals surface area contributed by atoms with E-state index in [0.717, 1.165) is 28.9 Å². The molecule has 1 aliphatic heterocycles. The molecule has 3 heterocycles. The Bertz CT molecular complexity index is 1090. The second-order valence-electron chi connectivity index (χ2n) is 8.79. The van der Waals surface area contributed by atoms with Gasteiger partial charge in [0.1, 0.15) is 18.0 Å². The van der Waals surface area contributed by atoms with Gasteiger partial charge in [0.2, 0.25) is 0 Å². The van der Waals surface area contributed by atoms with Crippen LogP contribution in [0.5, 0.6) is 0 Å². The van der Waals surface area contributed by atoms with Crippen LogP contribution < -0.4 is 16.2 Å². The molecule has 0 aliphatic carbocycles. The Kier molecular flexibility index (Phi) is 5.98. The first-order valence-corrected chi connectivity index (χ1v) is 10.8. The van der Waals surface area contributed by atoms with Crippen molar-refractivity contribution in [1.29, 1.82) is 0 Å². The summed E-state index contributed by atoms with van der Waals surface area (Å²) >= 11 is 0. The molecule has 0 saturated carbocycles. The minimum absolute atomic E-state index is 0.0461. The quantitative estimate of drug-likeness (QED) is 0.468. The fraction of sp³-hybridized carbons (Fsp3) is 0.435. The minimum Gasteiger partial charge on any atom is -0.386 e. The van der Waals surface area contributed by atoms with E-state index >= 15 is 0 Å². The van der Waals surface area contributed by atoms with Crippen molar-refractivity contribution in [2.75, 3.05) is 5.32 Å². The van der Waals surface area contributed by atoms with Gasteiger partial charge in [-0.25, -0.2) is 29.9 Å². The number of halogens is 1. The zero-order valence-corrected chi connectivity index (χ0v) is 19.0. The molecule has 170 valence electrons. The Morgan fingerprint density at radius 1 is 1.16 bits per heavy atom. The maximum Gasteiger partial charge on any atom is 0.159 e. The van der Waals surface area contributed by atoms with E-state index in [9.17, 15) is 9.50 Å². The number of nitrogens with one attached hydrogen (secondary N) is 3. The predicted octanol–water partition coefficient (Wildman–Crippen LogP) is 3.26. The van der Waals surface area contributed by atoms with Gasteiger partial charge < -0.3 is 10.4 Å². The van der Waals surface area contributed by atoms with Crippen molar-refractivity contribution in [2.24, 2.45) is 5.92 Å². The summed E-state index contributed by atoms with van der Waals surface area (Å²) in [5.74, 6) is 1.25. The molecule has 3 atom stereocenters. The molecule has 0 bridgehead atoms. The molecule has 2 aromatic heterocycles. The second-order valence-corrected chi connectivity index (χ2v) is 8.79. The molecule has 1 fully saturated rings. The van der Waals surface area contributed by atoms with Crippen LogP contribution in [0.15, 0.2) is 36.7 Å². The molecule has 8 nitrogen and oxygen atoms in total. The first-order chi connectivity index (χ1) is 15.2. The first-order valence-electron chi connectivity index (χ1n) is 10.8. The normalized spacial score (nSPS) is 21.2. The van der Waals surface area contributed by atoms with Crippen LogP contribution in [0.4, 0.5) is 10.2 Å². The summed E-state index contributed by atoms with van der Waals surface area (Å²) < 4.78 is 15.1. The van der Waals surface area contributed by atoms with Crippen molar-refractivity contribution in [3.8, 4) is 5.82 Å². The van der Waals surface area contributed by atoms with Gasteiger partial charge in [-0.2, -0.15) is 5.10 Å². The van der Waals surface area contributed by atoms with Crippen molar-refractivity contribution in [3.05, 3.63) is 65.0 Å². The summed E-state index contributed by atoms with van der Waals surface area (Å²) in [6, 6.07) is 8.48. The highest BCUT2D eigenvalue weighted by Gasteiger charge is 2.35. The van der Waals surface area contributed by atoms with Gasteiger partial charge >= 0.3 is 0 Å². The lowest BCUT2D eigenvalue weighted by molar-refractivity contribution is 0.0772. The molecule has 32 heavy (non-hydrogen) atoms. The lowest BCUT2D eigenvalue weighted by Crippen LogP contribution is -2.38. The van der Waals surface area contributed by atoms with E-state index in [1.807, 2.05) is 32.0 Å². The van der Waals surface area contributed by atoms with E-state index in [-0.39, 0.29) is 23.9 Å². The monoisotopic (exact) mass is 439 g/mol. The molecular weight excluding hydrogens is 409 g/mol. The number of benzene rings is 1. The molecule has 4 N–H and O–H groups in total. The number of aryl methyl sites for hydroxylation is 1. The topological polar surface area (TPSA) is 99.9 Å². The number of hydrogen-bond acceptors (Lipinski definition) is 7. The largest absolute Gasteiger partial charge is 0.386 e. The number of hydrazine groups is 1. The van der Waals surface area contributed by atoms with E-state index in [0.29, 0.717) is 11.6 Å². The molecular formula is C23H30FN7O. The second kappa shape index (κ2) is 8.57. The maximum absolute atomic E-state index is 13.3. The van der Waals surface area contributed by atoms with E-state index in [2.05, 4.69) is 38.2 Å². The minimum atomic E-state index is -0.996. The molecule has 9 heteroatoms. The standard InChI is InChI=1S/C23H30FN7O/c1-6-17-21(15-7-9-16(24)10-8-15)28-29-22(17)27-18-11-19(26-12-25-18)31-14(3)20(13(2)30-31)23(4,5)32/h7-12,17,21-22,28-29,32H,6H2,1-5H3,(H,25,26,27). The predicted molar refractivity (Wildman–Crippen MR) is 120 cm³/mol. The number of rotatable bonds is 6. The fourth-order valence-corrected chi connectivity index (χ4v) is 4.65. The van der Waals surface area contributed by atoms with Gasteiger partial charge in [0, 0.05) is 23.2 Å². The van der Waals surface area contributed by atoms with Crippen LogP contribution >= 0.6 is 0 Å². The lowest BCUT2D eigenvalue weighted by atomic mass is 9.90. The van der Waals surface area contributed by atoms with Crippen molar-refractivity contribution in [2.45, 2.75) is 58.8 Å². The summed E-state index contributed by atoms with van der Waals surface area (Å²) in [4.78, 5) is 8.77. The van der Waals surface area contributed by atoms with Gasteiger partial charge in [-0.05, 0) is 51.8 Å². The number of nitrogens with zero attached hydrogens (tertiary/aromatic N) is 4. The van der Waals surface area contributed by atoms with Crippen LogP contribution in [-0.4, -0.2) is 31.0 Å². The van der Waals surface area contributed by atoms with Crippen LogP contribution in [0.2, 0.25) is 0 Å². The highest BCUT2D eigenvalue weighted by molar-refractivity contribution is 5.44. The summed E-state index contributed by atoms with van der Waals surface area (Å²) in [6.07, 6.45) is 2.33. The van der Waals surface area contributed by atoms with E-state index in [1.54, 1.807) is 18.5 Å². The molecule has 1 aromatic carbocycles. The highest BCUT2D eigenvalue weighted by atomic mass is 19.1. The molecule has 0 radical (unpaired) electrons. The fourth-order valence-electron chi connectivity index (χ4n) is 4.65. The summed E-state index contributed by atoms with van der Waals surface area (Å²) in [6.45, 7) is 9.44. The molecule has 0 spiro atoms. The molecule has 3 unspecified atom stereocenters. The van der Waals surface area contributed by atoms with Gasteiger partial charge in [-0.3, -0.25) is 0 Å². The average molecular weight is 440 g/mol. The highest BCUT2D eigenvalue weighted by Crippen LogP contribution is 2.32. The number of hydrogen-bond donors (Lipinski definition) is 4. The Balaban J connectivity index is 1.57. The molecule has 3 aromatic rings. The van der Waals surface area contributed by atoms with Crippen molar-refractivity contribution < 1.29 is 9.50 Å². The Labute approximate surface area is 187 Å². The van der Waals surface area contributed by atoms with Crippen LogP contribution in [0, 0.1) is 25.6 Å². The average Bonchev–Trinajstić information content (AvgIpc) is 3.28. The Morgan fingerprint density at radius 2 is 1.88 bits per heavy atom. The van der Waals surface area contributed by atoms with Gasteiger partial charge in [0.05, 0.1) is 23.5 Å². The third kappa shape index (κ3) is 4.23. The van der Waals surface area contributed by atoms with Crippen LogP contribution in [0.3, 0.4) is 0 Å². The van der Waals surface area contributed by atoms with Crippen LogP contribution in [0.1, 0.15) is 55.7 Å². The smallest absolute Gasteiger partial charge is 0.159 e. The number of anilines is 1. The van der Waals surface area contributed by atoms with E-state index < -0.39 is 5.60 Å². The third-order valence-electron chi connectivity index (χ3n) is 6.03. The third-order valence-corrected chi connectivity index (χ3v) is 6.03. The Hall–Kier alpha value is -2.88. The van der Waals surface area contributed by atoms with Crippen LogP contribution in [-0.2, 0) is 5.60 Å². The van der Waals surface area contributed by atoms with Gasteiger partial charge in [-0.15, -0.1) is 0 Å². The summed E-state index contributed by atoms with van der Waals surface area (Å²) in [5.41, 5.74) is 9.05. The van der Waals surface area contributed by atoms with Crippen molar-refractivity contribution >= 4 is 5.82 Å². The van der Waals surface area contributed by atoms with E-state index in [1.165, 1.54) is 18.5 Å². The van der Waals surface area contributed by atoms with Crippen LogP contribution in [0.25, 0.3) is 5.82 Å². The lowest BCUT2D eigenvalue weighted by Gasteiger charge is -2.23. The molecule has 1 saturated heterocycles. The number of aromatic nitrogens is 4. The van der Waals surface area contributed by atoms with Crippen molar-refractivity contribution in [1.82, 2.24) is 30.6 Å². The van der Waals surface area contributed by atoms with Gasteiger partial charge in [0.15, 0.2) is 5.82 Å². The first kappa shape index (κ1) is 22.3. The van der Waals surface area contributed by atoms with Crippen molar-refractivity contribution in [3.63, 3.8) is 0 Å². The zero-order chi connectivity index (χ0) is 23.0. The maximum atomic E-state index is 13.3. The summed E-state index contributed by atoms with van der Waals surface area (Å²) in [5, 5.41) is 18.5. The molecule has 4 rings (SSSR count). The molecule has 1 aliphatic rings. The molecule has 0 amide bonds. The number of aliphatic hydroxyl groups is 1. The van der Waals surface area contributed by atoms with Gasteiger partial charge in [-0.1, -0.05) is 19.1 Å². The van der Waals surface area contributed by atoms with E-state index in [4.69, 9.17) is 0 Å². The Morgan fingerprint density at radius 3 is 2.50 bits per heavy atom. The summed E-state index contributed by atoms with van der Waals surface area (Å²) in [7, 11) is 0. The SMILES string of the molecule is CCC1C(Nc2cc(-n3nc(C)c(C(C)(C)O)c3C)ncn2)NNC1c1ccc(F)cc1. The van der Waals surface area contributed by atoms with Gasteiger partial charge in [0.25, 0.3) is 0 Å².